The van der Waals surface area contributed by atoms with Crippen molar-refractivity contribution in [2.45, 2.75) is 26.7 Å². The molecule has 0 aliphatic rings. The highest BCUT2D eigenvalue weighted by atomic mass is 32.1. The van der Waals surface area contributed by atoms with Gasteiger partial charge in [0, 0.05) is 30.6 Å². The van der Waals surface area contributed by atoms with Crippen molar-refractivity contribution in [2.24, 2.45) is 0 Å². The molecule has 0 aromatic carbocycles. The number of rotatable bonds is 7. The fourth-order valence-corrected chi connectivity index (χ4v) is 2.46. The van der Waals surface area contributed by atoms with Crippen molar-refractivity contribution in [1.29, 1.82) is 0 Å². The van der Waals surface area contributed by atoms with Gasteiger partial charge in [-0.15, -0.1) is 11.3 Å². The normalized spacial score (nSPS) is 10.4. The molecule has 2 N–H and O–H groups in total. The quantitative estimate of drug-likeness (QED) is 0.818. The second-order valence-electron chi connectivity index (χ2n) is 4.60. The van der Waals surface area contributed by atoms with Crippen LogP contribution < -0.4 is 10.6 Å². The molecule has 0 bridgehead atoms. The van der Waals surface area contributed by atoms with Crippen LogP contribution in [0, 0.1) is 6.92 Å². The van der Waals surface area contributed by atoms with Crippen molar-refractivity contribution in [3.05, 3.63) is 34.2 Å². The first-order valence-corrected chi connectivity index (χ1v) is 7.82. The number of carbonyl (C=O) groups is 1. The lowest BCUT2D eigenvalue weighted by atomic mass is 10.4. The molecule has 2 aromatic heterocycles. The Hall–Kier alpha value is -2.02. The van der Waals surface area contributed by atoms with Crippen LogP contribution in [0.3, 0.4) is 0 Å². The summed E-state index contributed by atoms with van der Waals surface area (Å²) >= 11 is 1.61. The van der Waals surface area contributed by atoms with Crippen molar-refractivity contribution in [2.75, 3.05) is 18.4 Å². The molecule has 7 heteroatoms. The molecule has 2 rings (SSSR count). The molecule has 112 valence electrons. The summed E-state index contributed by atoms with van der Waals surface area (Å²) in [5, 5.41) is 8.97. The molecule has 0 saturated carbocycles. The Balaban J connectivity index is 1.79. The predicted octanol–water partition coefficient (Wildman–Crippen LogP) is 2.04. The van der Waals surface area contributed by atoms with E-state index in [4.69, 9.17) is 0 Å². The summed E-state index contributed by atoms with van der Waals surface area (Å²) in [6.07, 6.45) is 4.81. The first-order chi connectivity index (χ1) is 10.2. The number of thiazole rings is 1. The Bertz CT molecular complexity index is 581. The first-order valence-electron chi connectivity index (χ1n) is 6.94. The smallest absolute Gasteiger partial charge is 0.271 e. The monoisotopic (exact) mass is 305 g/mol. The number of carbonyl (C=O) groups excluding carboxylic acids is 1. The van der Waals surface area contributed by atoms with Crippen LogP contribution in [0.25, 0.3) is 0 Å². The number of aryl methyl sites for hydroxylation is 1. The van der Waals surface area contributed by atoms with Gasteiger partial charge in [-0.3, -0.25) is 4.79 Å². The van der Waals surface area contributed by atoms with Crippen LogP contribution in [0.1, 0.15) is 34.5 Å². The minimum absolute atomic E-state index is 0.210. The van der Waals surface area contributed by atoms with Gasteiger partial charge in [0.1, 0.15) is 11.5 Å². The standard InChI is InChI=1S/C14H19N5OS/c1-3-5-15-12-8-17-11(7-18-12)14(20)16-6-4-13-19-10(2)9-21-13/h7-9H,3-6H2,1-2H3,(H,15,18)(H,16,20). The summed E-state index contributed by atoms with van der Waals surface area (Å²) in [5.74, 6) is 0.476. The Labute approximate surface area is 128 Å². The average Bonchev–Trinajstić information content (AvgIpc) is 2.91. The summed E-state index contributed by atoms with van der Waals surface area (Å²) in [6, 6.07) is 0. The summed E-state index contributed by atoms with van der Waals surface area (Å²) < 4.78 is 0. The fraction of sp³-hybridized carbons (Fsp3) is 0.429. The van der Waals surface area contributed by atoms with Crippen LogP contribution in [0.15, 0.2) is 17.8 Å². The molecule has 2 heterocycles. The number of aromatic nitrogens is 3. The van der Waals surface area contributed by atoms with Crippen molar-refractivity contribution >= 4 is 23.1 Å². The van der Waals surface area contributed by atoms with E-state index in [1.807, 2.05) is 12.3 Å². The van der Waals surface area contributed by atoms with E-state index < -0.39 is 0 Å². The van der Waals surface area contributed by atoms with E-state index in [1.165, 1.54) is 6.20 Å². The van der Waals surface area contributed by atoms with E-state index in [1.54, 1.807) is 17.5 Å². The lowest BCUT2D eigenvalue weighted by molar-refractivity contribution is 0.0949. The van der Waals surface area contributed by atoms with Gasteiger partial charge < -0.3 is 10.6 Å². The van der Waals surface area contributed by atoms with Crippen molar-refractivity contribution in [3.63, 3.8) is 0 Å². The van der Waals surface area contributed by atoms with Crippen LogP contribution >= 0.6 is 11.3 Å². The third-order valence-corrected chi connectivity index (χ3v) is 3.76. The molecule has 0 spiro atoms. The molecule has 0 saturated heterocycles. The number of nitrogens with zero attached hydrogens (tertiary/aromatic N) is 3. The van der Waals surface area contributed by atoms with Crippen LogP contribution in [0.2, 0.25) is 0 Å². The summed E-state index contributed by atoms with van der Waals surface area (Å²) in [7, 11) is 0. The third kappa shape index (κ3) is 4.78. The molecule has 0 aliphatic carbocycles. The number of anilines is 1. The Morgan fingerprint density at radius 3 is 2.76 bits per heavy atom. The molecule has 6 nitrogen and oxygen atoms in total. The molecule has 2 aromatic rings. The van der Waals surface area contributed by atoms with Crippen LogP contribution in [0.4, 0.5) is 5.82 Å². The summed E-state index contributed by atoms with van der Waals surface area (Å²) in [6.45, 7) is 5.42. The second kappa shape index (κ2) is 7.68. The van der Waals surface area contributed by atoms with Gasteiger partial charge in [0.25, 0.3) is 5.91 Å². The van der Waals surface area contributed by atoms with Crippen molar-refractivity contribution < 1.29 is 4.79 Å². The van der Waals surface area contributed by atoms with E-state index >= 15 is 0 Å². The minimum atomic E-state index is -0.210. The maximum atomic E-state index is 11.9. The maximum absolute atomic E-state index is 11.9. The highest BCUT2D eigenvalue weighted by Crippen LogP contribution is 2.08. The zero-order valence-corrected chi connectivity index (χ0v) is 13.0. The number of hydrogen-bond donors (Lipinski definition) is 2. The highest BCUT2D eigenvalue weighted by Gasteiger charge is 2.08. The van der Waals surface area contributed by atoms with Crippen molar-refractivity contribution in [3.8, 4) is 0 Å². The molecule has 0 aliphatic heterocycles. The topological polar surface area (TPSA) is 79.8 Å². The second-order valence-corrected chi connectivity index (χ2v) is 5.54. The van der Waals surface area contributed by atoms with Gasteiger partial charge in [-0.1, -0.05) is 6.92 Å². The first kappa shape index (κ1) is 15.4. The van der Waals surface area contributed by atoms with Gasteiger partial charge >= 0.3 is 0 Å². The molecule has 1 amide bonds. The van der Waals surface area contributed by atoms with Gasteiger partial charge in [0.2, 0.25) is 0 Å². The van der Waals surface area contributed by atoms with Crippen LogP contribution in [0.5, 0.6) is 0 Å². The molecular weight excluding hydrogens is 286 g/mol. The van der Waals surface area contributed by atoms with E-state index in [-0.39, 0.29) is 5.91 Å². The van der Waals surface area contributed by atoms with E-state index in [0.29, 0.717) is 18.1 Å². The maximum Gasteiger partial charge on any atom is 0.271 e. The van der Waals surface area contributed by atoms with Gasteiger partial charge in [0.15, 0.2) is 0 Å². The molecule has 0 unspecified atom stereocenters. The third-order valence-electron chi connectivity index (χ3n) is 2.73. The van der Waals surface area contributed by atoms with Gasteiger partial charge in [-0.2, -0.15) is 0 Å². The van der Waals surface area contributed by atoms with Crippen molar-refractivity contribution in [1.82, 2.24) is 20.3 Å². The highest BCUT2D eigenvalue weighted by molar-refractivity contribution is 7.09. The minimum Gasteiger partial charge on any atom is -0.369 e. The molecule has 21 heavy (non-hydrogen) atoms. The SMILES string of the molecule is CCCNc1cnc(C(=O)NCCc2nc(C)cs2)cn1. The number of hydrogen-bond acceptors (Lipinski definition) is 6. The average molecular weight is 305 g/mol. The molecule has 0 fully saturated rings. The van der Waals surface area contributed by atoms with E-state index in [2.05, 4.69) is 32.5 Å². The Morgan fingerprint density at radius 2 is 2.14 bits per heavy atom. The zero-order valence-electron chi connectivity index (χ0n) is 12.2. The lowest BCUT2D eigenvalue weighted by Gasteiger charge is -2.05. The zero-order chi connectivity index (χ0) is 15.1. The largest absolute Gasteiger partial charge is 0.369 e. The summed E-state index contributed by atoms with van der Waals surface area (Å²) in [4.78, 5) is 24.5. The van der Waals surface area contributed by atoms with Gasteiger partial charge in [0.05, 0.1) is 17.4 Å². The van der Waals surface area contributed by atoms with Gasteiger partial charge in [-0.25, -0.2) is 15.0 Å². The number of amides is 1. The summed E-state index contributed by atoms with van der Waals surface area (Å²) in [5.41, 5.74) is 1.34. The number of nitrogens with one attached hydrogen (secondary N) is 2. The molecule has 0 atom stereocenters. The van der Waals surface area contributed by atoms with E-state index in [0.717, 1.165) is 30.1 Å². The van der Waals surface area contributed by atoms with Crippen LogP contribution in [-0.4, -0.2) is 33.9 Å². The van der Waals surface area contributed by atoms with Crippen LogP contribution in [-0.2, 0) is 6.42 Å². The van der Waals surface area contributed by atoms with Gasteiger partial charge in [-0.05, 0) is 13.3 Å². The predicted molar refractivity (Wildman–Crippen MR) is 83.7 cm³/mol. The van der Waals surface area contributed by atoms with E-state index in [9.17, 15) is 4.79 Å². The Kier molecular flexibility index (Phi) is 5.62. The lowest BCUT2D eigenvalue weighted by Crippen LogP contribution is -2.26. The molecular formula is C14H19N5OS. The molecule has 0 radical (unpaired) electrons. The Morgan fingerprint density at radius 1 is 1.29 bits per heavy atom. The fourth-order valence-electron chi connectivity index (χ4n) is 1.68.